The number of nitrogens with zero attached hydrogens (tertiary/aromatic N) is 3. The molecular formula is C14H17N3O3. The van der Waals surface area contributed by atoms with Crippen molar-refractivity contribution in [3.8, 4) is 6.07 Å². The summed E-state index contributed by atoms with van der Waals surface area (Å²) in [5, 5.41) is 17.4. The molecule has 0 aliphatic carbocycles. The Hall–Kier alpha value is -2.39. The monoisotopic (exact) mass is 275 g/mol. The van der Waals surface area contributed by atoms with Gasteiger partial charge in [0.25, 0.3) is 0 Å². The summed E-state index contributed by atoms with van der Waals surface area (Å²) in [6.07, 6.45) is -0.0205. The summed E-state index contributed by atoms with van der Waals surface area (Å²) in [4.78, 5) is 25.7. The van der Waals surface area contributed by atoms with Crippen LogP contribution in [0, 0.1) is 11.3 Å². The number of carbonyl (C=O) groups is 2. The Labute approximate surface area is 117 Å². The Morgan fingerprint density at radius 1 is 1.30 bits per heavy atom. The van der Waals surface area contributed by atoms with E-state index in [9.17, 15) is 9.59 Å². The van der Waals surface area contributed by atoms with Crippen LogP contribution in [0.5, 0.6) is 0 Å². The van der Waals surface area contributed by atoms with Gasteiger partial charge in [-0.05, 0) is 19.2 Å². The highest BCUT2D eigenvalue weighted by Gasteiger charge is 2.17. The summed E-state index contributed by atoms with van der Waals surface area (Å²) in [5.74, 6) is -1.13. The van der Waals surface area contributed by atoms with E-state index in [4.69, 9.17) is 10.4 Å². The number of anilines is 1. The van der Waals surface area contributed by atoms with Crippen molar-refractivity contribution in [3.05, 3.63) is 30.3 Å². The number of carbonyl (C=O) groups excluding carboxylic acids is 1. The van der Waals surface area contributed by atoms with Crippen LogP contribution >= 0.6 is 0 Å². The standard InChI is InChI=1S/C14H17N3O3/c1-16(9-7-14(19)20)11-13(18)17(10-8-15)12-5-3-2-4-6-12/h2-6H,7,9-11H2,1H3,(H,19,20). The number of hydrogen-bond acceptors (Lipinski definition) is 4. The van der Waals surface area contributed by atoms with Crippen LogP contribution in [0.25, 0.3) is 0 Å². The SMILES string of the molecule is CN(CCC(=O)O)CC(=O)N(CC#N)c1ccccc1. The fraction of sp³-hybridized carbons (Fsp3) is 0.357. The number of benzene rings is 1. The molecular weight excluding hydrogens is 258 g/mol. The number of carboxylic acid groups (broad SMARTS) is 1. The van der Waals surface area contributed by atoms with E-state index in [1.54, 1.807) is 36.2 Å². The van der Waals surface area contributed by atoms with Gasteiger partial charge in [0.15, 0.2) is 0 Å². The average molecular weight is 275 g/mol. The third kappa shape index (κ3) is 5.08. The Morgan fingerprint density at radius 2 is 1.95 bits per heavy atom. The molecule has 0 aromatic heterocycles. The molecule has 0 saturated carbocycles. The molecule has 0 heterocycles. The molecule has 0 fully saturated rings. The van der Waals surface area contributed by atoms with Gasteiger partial charge in [-0.15, -0.1) is 0 Å². The van der Waals surface area contributed by atoms with Gasteiger partial charge in [-0.3, -0.25) is 19.4 Å². The summed E-state index contributed by atoms with van der Waals surface area (Å²) in [5.41, 5.74) is 0.658. The molecule has 0 atom stereocenters. The first kappa shape index (κ1) is 15.7. The van der Waals surface area contributed by atoms with E-state index in [1.165, 1.54) is 4.90 Å². The molecule has 0 spiro atoms. The third-order valence-corrected chi connectivity index (χ3v) is 2.71. The zero-order valence-corrected chi connectivity index (χ0v) is 11.3. The summed E-state index contributed by atoms with van der Waals surface area (Å²) in [6.45, 7) is 0.329. The molecule has 0 bridgehead atoms. The molecule has 1 aromatic carbocycles. The van der Waals surface area contributed by atoms with E-state index in [1.807, 2.05) is 12.1 Å². The Bertz CT molecular complexity index is 496. The fourth-order valence-corrected chi connectivity index (χ4v) is 1.68. The van der Waals surface area contributed by atoms with Crippen molar-refractivity contribution < 1.29 is 14.7 Å². The van der Waals surface area contributed by atoms with Crippen molar-refractivity contribution in [3.63, 3.8) is 0 Å². The zero-order chi connectivity index (χ0) is 15.0. The maximum absolute atomic E-state index is 12.2. The summed E-state index contributed by atoms with van der Waals surface area (Å²) < 4.78 is 0. The second-order valence-corrected chi connectivity index (χ2v) is 4.36. The Morgan fingerprint density at radius 3 is 2.50 bits per heavy atom. The van der Waals surface area contributed by atoms with Gasteiger partial charge in [-0.1, -0.05) is 18.2 Å². The fourth-order valence-electron chi connectivity index (χ4n) is 1.68. The molecule has 1 N–H and O–H groups in total. The molecule has 0 aliphatic rings. The lowest BCUT2D eigenvalue weighted by molar-refractivity contribution is -0.137. The number of aliphatic carboxylic acids is 1. The van der Waals surface area contributed by atoms with Crippen molar-refractivity contribution >= 4 is 17.6 Å². The lowest BCUT2D eigenvalue weighted by Crippen LogP contribution is -2.40. The molecule has 1 rings (SSSR count). The van der Waals surface area contributed by atoms with Gasteiger partial charge < -0.3 is 5.11 Å². The number of para-hydroxylation sites is 1. The molecule has 0 aliphatic heterocycles. The quantitative estimate of drug-likeness (QED) is 0.749. The lowest BCUT2D eigenvalue weighted by Gasteiger charge is -2.23. The van der Waals surface area contributed by atoms with Crippen LogP contribution in [-0.4, -0.2) is 48.6 Å². The first-order valence-electron chi connectivity index (χ1n) is 6.17. The van der Waals surface area contributed by atoms with Gasteiger partial charge in [0.05, 0.1) is 19.0 Å². The maximum Gasteiger partial charge on any atom is 0.304 e. The van der Waals surface area contributed by atoms with Crippen LogP contribution < -0.4 is 4.90 Å². The van der Waals surface area contributed by atoms with E-state index in [0.29, 0.717) is 5.69 Å². The van der Waals surface area contributed by atoms with Gasteiger partial charge in [-0.25, -0.2) is 0 Å². The summed E-state index contributed by atoms with van der Waals surface area (Å²) in [6, 6.07) is 10.9. The van der Waals surface area contributed by atoms with Gasteiger partial charge in [0.1, 0.15) is 6.54 Å². The van der Waals surface area contributed by atoms with Crippen LogP contribution in [0.3, 0.4) is 0 Å². The second kappa shape index (κ2) is 7.92. The molecule has 0 radical (unpaired) electrons. The van der Waals surface area contributed by atoms with Gasteiger partial charge in [0.2, 0.25) is 5.91 Å². The molecule has 0 saturated heterocycles. The lowest BCUT2D eigenvalue weighted by atomic mass is 10.2. The highest BCUT2D eigenvalue weighted by molar-refractivity contribution is 5.95. The normalized spacial score (nSPS) is 10.1. The number of rotatable bonds is 7. The minimum atomic E-state index is -0.902. The van der Waals surface area contributed by atoms with E-state index in [-0.39, 0.29) is 32.0 Å². The molecule has 1 amide bonds. The Kier molecular flexibility index (Phi) is 6.20. The van der Waals surface area contributed by atoms with Gasteiger partial charge in [0, 0.05) is 12.2 Å². The van der Waals surface area contributed by atoms with E-state index in [0.717, 1.165) is 0 Å². The summed E-state index contributed by atoms with van der Waals surface area (Å²) in [7, 11) is 1.68. The smallest absolute Gasteiger partial charge is 0.304 e. The van der Waals surface area contributed by atoms with Crippen LogP contribution in [0.4, 0.5) is 5.69 Å². The molecule has 0 unspecified atom stereocenters. The summed E-state index contributed by atoms with van der Waals surface area (Å²) >= 11 is 0. The van der Waals surface area contributed by atoms with Crippen molar-refractivity contribution in [1.82, 2.24) is 4.90 Å². The third-order valence-electron chi connectivity index (χ3n) is 2.71. The largest absolute Gasteiger partial charge is 0.481 e. The van der Waals surface area contributed by atoms with Crippen molar-refractivity contribution in [2.75, 3.05) is 31.6 Å². The highest BCUT2D eigenvalue weighted by Crippen LogP contribution is 2.13. The first-order valence-corrected chi connectivity index (χ1v) is 6.17. The average Bonchev–Trinajstić information content (AvgIpc) is 2.43. The number of likely N-dealkylation sites (N-methyl/N-ethyl adjacent to an activating group) is 1. The van der Waals surface area contributed by atoms with Crippen LogP contribution in [0.2, 0.25) is 0 Å². The van der Waals surface area contributed by atoms with Crippen LogP contribution in [0.15, 0.2) is 30.3 Å². The first-order chi connectivity index (χ1) is 9.54. The number of amides is 1. The van der Waals surface area contributed by atoms with E-state index in [2.05, 4.69) is 0 Å². The van der Waals surface area contributed by atoms with Crippen molar-refractivity contribution in [2.24, 2.45) is 0 Å². The van der Waals surface area contributed by atoms with Crippen LogP contribution in [-0.2, 0) is 9.59 Å². The molecule has 6 nitrogen and oxygen atoms in total. The Balaban J connectivity index is 2.66. The predicted molar refractivity (Wildman–Crippen MR) is 74.2 cm³/mol. The van der Waals surface area contributed by atoms with E-state index < -0.39 is 5.97 Å². The predicted octanol–water partition coefficient (Wildman–Crippen LogP) is 0.950. The van der Waals surface area contributed by atoms with E-state index >= 15 is 0 Å². The second-order valence-electron chi connectivity index (χ2n) is 4.36. The number of nitriles is 1. The number of carboxylic acids is 1. The molecule has 1 aromatic rings. The van der Waals surface area contributed by atoms with Crippen molar-refractivity contribution in [1.29, 1.82) is 5.26 Å². The van der Waals surface area contributed by atoms with Gasteiger partial charge >= 0.3 is 5.97 Å². The molecule has 106 valence electrons. The van der Waals surface area contributed by atoms with Gasteiger partial charge in [-0.2, -0.15) is 5.26 Å². The maximum atomic E-state index is 12.2. The van der Waals surface area contributed by atoms with Crippen LogP contribution in [0.1, 0.15) is 6.42 Å². The minimum Gasteiger partial charge on any atom is -0.481 e. The topological polar surface area (TPSA) is 84.6 Å². The molecule has 20 heavy (non-hydrogen) atoms. The minimum absolute atomic E-state index is 0.0205. The van der Waals surface area contributed by atoms with Crippen molar-refractivity contribution in [2.45, 2.75) is 6.42 Å². The molecule has 6 heteroatoms. The zero-order valence-electron chi connectivity index (χ0n) is 11.3. The highest BCUT2D eigenvalue weighted by atomic mass is 16.4. The number of hydrogen-bond donors (Lipinski definition) is 1.